The summed E-state index contributed by atoms with van der Waals surface area (Å²) in [4.78, 5) is 23.1. The lowest BCUT2D eigenvalue weighted by molar-refractivity contribution is -0.130. The molecule has 0 bridgehead atoms. The summed E-state index contributed by atoms with van der Waals surface area (Å²) in [5.41, 5.74) is 6.02. The third-order valence-corrected chi connectivity index (χ3v) is 4.18. The zero-order chi connectivity index (χ0) is 17.1. The summed E-state index contributed by atoms with van der Waals surface area (Å²) in [6.07, 6.45) is -0.701. The first kappa shape index (κ1) is 16.0. The largest absolute Gasteiger partial charge is 0.449 e. The predicted molar refractivity (Wildman–Crippen MR) is 87.6 cm³/mol. The van der Waals surface area contributed by atoms with E-state index < -0.39 is 18.0 Å². The number of fused-ring (bicyclic) bond motifs is 3. The van der Waals surface area contributed by atoms with Crippen molar-refractivity contribution in [1.29, 1.82) is 0 Å². The van der Waals surface area contributed by atoms with Gasteiger partial charge in [0.15, 0.2) is 0 Å². The minimum absolute atomic E-state index is 0.0369. The number of ether oxygens (including phenoxy) is 1. The highest BCUT2D eigenvalue weighted by Gasteiger charge is 2.29. The molecule has 24 heavy (non-hydrogen) atoms. The van der Waals surface area contributed by atoms with Crippen LogP contribution in [0.25, 0.3) is 11.1 Å². The lowest BCUT2D eigenvalue weighted by atomic mass is 9.98. The quantitative estimate of drug-likeness (QED) is 0.595. The lowest BCUT2D eigenvalue weighted by Gasteiger charge is -2.16. The van der Waals surface area contributed by atoms with E-state index >= 15 is 0 Å². The van der Waals surface area contributed by atoms with E-state index in [9.17, 15) is 9.59 Å². The van der Waals surface area contributed by atoms with E-state index in [2.05, 4.69) is 17.4 Å². The van der Waals surface area contributed by atoms with Crippen molar-refractivity contribution in [3.63, 3.8) is 0 Å². The molecular weight excluding hydrogens is 308 g/mol. The maximum absolute atomic E-state index is 11.9. The molecule has 6 heteroatoms. The van der Waals surface area contributed by atoms with Gasteiger partial charge in [-0.3, -0.25) is 10.0 Å². The second-order valence-corrected chi connectivity index (χ2v) is 5.67. The first-order valence-electron chi connectivity index (χ1n) is 7.67. The zero-order valence-electron chi connectivity index (χ0n) is 13.2. The fourth-order valence-electron chi connectivity index (χ4n) is 2.98. The molecule has 0 saturated heterocycles. The van der Waals surface area contributed by atoms with E-state index in [1.807, 2.05) is 36.4 Å². The number of carbonyl (C=O) groups is 2. The van der Waals surface area contributed by atoms with E-state index in [0.717, 1.165) is 22.3 Å². The van der Waals surface area contributed by atoms with Crippen LogP contribution in [0.2, 0.25) is 0 Å². The van der Waals surface area contributed by atoms with Crippen molar-refractivity contribution < 1.29 is 19.5 Å². The Hall–Kier alpha value is -2.86. The van der Waals surface area contributed by atoms with Crippen LogP contribution in [0.4, 0.5) is 4.79 Å². The van der Waals surface area contributed by atoms with Crippen LogP contribution in [0.3, 0.4) is 0 Å². The molecule has 1 aliphatic carbocycles. The van der Waals surface area contributed by atoms with Crippen LogP contribution in [0.5, 0.6) is 0 Å². The summed E-state index contributed by atoms with van der Waals surface area (Å²) in [6, 6.07) is 15.2. The summed E-state index contributed by atoms with van der Waals surface area (Å²) in [5, 5.41) is 10.9. The third-order valence-electron chi connectivity index (χ3n) is 4.18. The number of amides is 2. The Balaban J connectivity index is 1.72. The summed E-state index contributed by atoms with van der Waals surface area (Å²) in [5.74, 6) is -0.742. The smallest absolute Gasteiger partial charge is 0.407 e. The summed E-state index contributed by atoms with van der Waals surface area (Å²) in [7, 11) is 0. The summed E-state index contributed by atoms with van der Waals surface area (Å²) in [6.45, 7) is 1.63. The number of rotatable bonds is 4. The first-order valence-corrected chi connectivity index (χ1v) is 7.67. The molecule has 0 unspecified atom stereocenters. The molecule has 1 aliphatic rings. The van der Waals surface area contributed by atoms with Gasteiger partial charge in [-0.1, -0.05) is 48.5 Å². The van der Waals surface area contributed by atoms with E-state index in [1.165, 1.54) is 12.4 Å². The van der Waals surface area contributed by atoms with Crippen molar-refractivity contribution in [1.82, 2.24) is 10.8 Å². The van der Waals surface area contributed by atoms with Gasteiger partial charge in [-0.2, -0.15) is 0 Å². The van der Waals surface area contributed by atoms with Gasteiger partial charge in [0.25, 0.3) is 5.91 Å². The second-order valence-electron chi connectivity index (χ2n) is 5.67. The monoisotopic (exact) mass is 326 g/mol. The summed E-state index contributed by atoms with van der Waals surface area (Å²) < 4.78 is 5.29. The van der Waals surface area contributed by atoms with Gasteiger partial charge in [-0.25, -0.2) is 10.3 Å². The number of nitrogens with one attached hydrogen (secondary N) is 2. The average Bonchev–Trinajstić information content (AvgIpc) is 2.93. The Morgan fingerprint density at radius 2 is 1.62 bits per heavy atom. The molecule has 6 nitrogen and oxygen atoms in total. The molecular formula is C18H18N2O4. The number of hydroxylamine groups is 1. The lowest BCUT2D eigenvalue weighted by Crippen LogP contribution is -2.44. The average molecular weight is 326 g/mol. The van der Waals surface area contributed by atoms with Crippen LogP contribution < -0.4 is 10.8 Å². The fraction of sp³-hybridized carbons (Fsp3) is 0.222. The predicted octanol–water partition coefficient (Wildman–Crippen LogP) is 2.42. The van der Waals surface area contributed by atoms with E-state index in [4.69, 9.17) is 9.94 Å². The fourth-order valence-corrected chi connectivity index (χ4v) is 2.98. The van der Waals surface area contributed by atoms with Gasteiger partial charge >= 0.3 is 6.09 Å². The van der Waals surface area contributed by atoms with Crippen LogP contribution >= 0.6 is 0 Å². The van der Waals surface area contributed by atoms with Gasteiger partial charge in [0.05, 0.1) is 0 Å². The van der Waals surface area contributed by atoms with Crippen molar-refractivity contribution in [2.75, 3.05) is 6.61 Å². The Labute approximate surface area is 139 Å². The van der Waals surface area contributed by atoms with E-state index in [-0.39, 0.29) is 12.5 Å². The molecule has 3 N–H and O–H groups in total. The Morgan fingerprint density at radius 1 is 1.08 bits per heavy atom. The van der Waals surface area contributed by atoms with Gasteiger partial charge in [-0.05, 0) is 29.2 Å². The van der Waals surface area contributed by atoms with Crippen LogP contribution in [0, 0.1) is 0 Å². The second kappa shape index (κ2) is 6.72. The molecule has 0 saturated carbocycles. The molecule has 2 aromatic carbocycles. The highest BCUT2D eigenvalue weighted by atomic mass is 16.5. The molecule has 0 fully saturated rings. The van der Waals surface area contributed by atoms with Gasteiger partial charge in [0.2, 0.25) is 0 Å². The molecule has 2 aromatic rings. The number of hydrogen-bond donors (Lipinski definition) is 3. The highest BCUT2D eigenvalue weighted by Crippen LogP contribution is 2.44. The molecule has 3 rings (SSSR count). The molecule has 124 valence electrons. The van der Waals surface area contributed by atoms with Crippen molar-refractivity contribution in [2.24, 2.45) is 0 Å². The molecule has 0 spiro atoms. The Kier molecular flexibility index (Phi) is 4.48. The highest BCUT2D eigenvalue weighted by molar-refractivity contribution is 5.84. The van der Waals surface area contributed by atoms with Crippen LogP contribution in [0.15, 0.2) is 48.5 Å². The first-order chi connectivity index (χ1) is 11.6. The zero-order valence-corrected chi connectivity index (χ0v) is 13.2. The molecule has 0 heterocycles. The minimum atomic E-state index is -0.884. The maximum atomic E-state index is 11.9. The van der Waals surface area contributed by atoms with Crippen molar-refractivity contribution >= 4 is 12.0 Å². The van der Waals surface area contributed by atoms with Gasteiger partial charge in [0.1, 0.15) is 12.6 Å². The van der Waals surface area contributed by atoms with Crippen molar-refractivity contribution in [3.8, 4) is 11.1 Å². The number of benzene rings is 2. The molecule has 0 aliphatic heterocycles. The normalized spacial score (nSPS) is 13.6. The van der Waals surface area contributed by atoms with Gasteiger partial charge in [-0.15, -0.1) is 0 Å². The molecule has 0 aromatic heterocycles. The number of hydrogen-bond acceptors (Lipinski definition) is 4. The summed E-state index contributed by atoms with van der Waals surface area (Å²) >= 11 is 0. The van der Waals surface area contributed by atoms with Crippen molar-refractivity contribution in [2.45, 2.75) is 18.9 Å². The Bertz CT molecular complexity index is 730. The van der Waals surface area contributed by atoms with Crippen LogP contribution in [-0.2, 0) is 9.53 Å². The SMILES string of the molecule is C[C@H](NC(=O)OCC1c2ccccc2-c2ccccc21)C(=O)NO. The minimum Gasteiger partial charge on any atom is -0.449 e. The van der Waals surface area contributed by atoms with Gasteiger partial charge < -0.3 is 10.1 Å². The Morgan fingerprint density at radius 3 is 2.17 bits per heavy atom. The maximum Gasteiger partial charge on any atom is 0.407 e. The van der Waals surface area contributed by atoms with Gasteiger partial charge in [0, 0.05) is 5.92 Å². The van der Waals surface area contributed by atoms with E-state index in [0.29, 0.717) is 0 Å². The standard InChI is InChI=1S/C18H18N2O4/c1-11(17(21)20-23)19-18(22)24-10-16-14-8-4-2-6-12(14)13-7-3-5-9-15(13)16/h2-9,11,16,23H,10H2,1H3,(H,19,22)(H,20,21)/t11-/m0/s1. The third kappa shape index (κ3) is 2.96. The van der Waals surface area contributed by atoms with E-state index in [1.54, 1.807) is 0 Å². The van der Waals surface area contributed by atoms with Crippen LogP contribution in [0.1, 0.15) is 24.0 Å². The molecule has 2 amide bonds. The molecule has 1 atom stereocenters. The molecule has 0 radical (unpaired) electrons. The van der Waals surface area contributed by atoms with Crippen molar-refractivity contribution in [3.05, 3.63) is 59.7 Å². The topological polar surface area (TPSA) is 87.7 Å². The van der Waals surface area contributed by atoms with Crippen LogP contribution in [-0.4, -0.2) is 29.9 Å². The number of carbonyl (C=O) groups excluding carboxylic acids is 2. The number of alkyl carbamates (subject to hydrolysis) is 1.